The summed E-state index contributed by atoms with van der Waals surface area (Å²) in [4.78, 5) is 4.38. The van der Waals surface area contributed by atoms with Gasteiger partial charge in [0.2, 0.25) is 0 Å². The molecule has 1 aromatic heterocycles. The van der Waals surface area contributed by atoms with Crippen molar-refractivity contribution in [2.24, 2.45) is 0 Å². The van der Waals surface area contributed by atoms with E-state index in [1.54, 1.807) is 0 Å². The first-order valence-electron chi connectivity index (χ1n) is 2.87. The standard InChI is InChI=1S/C7H4INSe/c8-7-9-5-3-1-2-4-6(5)10-7/h1-4H. The van der Waals surface area contributed by atoms with Crippen LogP contribution in [-0.2, 0) is 0 Å². The summed E-state index contributed by atoms with van der Waals surface area (Å²) in [5.74, 6) is 0. The van der Waals surface area contributed by atoms with Gasteiger partial charge in [0.25, 0.3) is 0 Å². The van der Waals surface area contributed by atoms with E-state index in [9.17, 15) is 0 Å². The van der Waals surface area contributed by atoms with Crippen LogP contribution in [0.3, 0.4) is 0 Å². The molecule has 0 fully saturated rings. The number of hydrogen-bond acceptors (Lipinski definition) is 1. The first kappa shape index (κ1) is 6.83. The predicted octanol–water partition coefficient (Wildman–Crippen LogP) is 1.90. The minimum absolute atomic E-state index is 0.497. The second-order valence-electron chi connectivity index (χ2n) is 1.93. The molecule has 0 bridgehead atoms. The van der Waals surface area contributed by atoms with Gasteiger partial charge in [-0.25, -0.2) is 0 Å². The molecule has 0 spiro atoms. The number of para-hydroxylation sites is 1. The van der Waals surface area contributed by atoms with E-state index in [4.69, 9.17) is 0 Å². The molecule has 2 aromatic rings. The van der Waals surface area contributed by atoms with Crippen LogP contribution in [0, 0.1) is 2.57 Å². The molecule has 0 saturated carbocycles. The monoisotopic (exact) mass is 309 g/mol. The van der Waals surface area contributed by atoms with E-state index in [0.717, 1.165) is 0 Å². The molecule has 3 heteroatoms. The minimum atomic E-state index is 0.497. The van der Waals surface area contributed by atoms with Crippen molar-refractivity contribution >= 4 is 46.9 Å². The van der Waals surface area contributed by atoms with Crippen molar-refractivity contribution in [1.29, 1.82) is 0 Å². The van der Waals surface area contributed by atoms with E-state index >= 15 is 0 Å². The number of nitrogens with zero attached hydrogens (tertiary/aromatic N) is 1. The summed E-state index contributed by atoms with van der Waals surface area (Å²) >= 11 is 2.80. The molecule has 1 nitrogen and oxygen atoms in total. The van der Waals surface area contributed by atoms with Crippen molar-refractivity contribution in [2.75, 3.05) is 0 Å². The molecule has 2 rings (SSSR count). The van der Waals surface area contributed by atoms with Crippen molar-refractivity contribution < 1.29 is 0 Å². The topological polar surface area (TPSA) is 12.9 Å². The zero-order valence-electron chi connectivity index (χ0n) is 5.04. The average molecular weight is 308 g/mol. The van der Waals surface area contributed by atoms with E-state index in [2.05, 4.69) is 45.8 Å². The Morgan fingerprint density at radius 1 is 1.30 bits per heavy atom. The number of benzene rings is 1. The summed E-state index contributed by atoms with van der Waals surface area (Å²) in [6, 6.07) is 8.34. The third-order valence-electron chi connectivity index (χ3n) is 1.27. The summed E-state index contributed by atoms with van der Waals surface area (Å²) in [6.45, 7) is 0. The SMILES string of the molecule is Ic1nc2ccccc2[se]1. The van der Waals surface area contributed by atoms with Crippen LogP contribution in [0.1, 0.15) is 0 Å². The molecule has 0 amide bonds. The van der Waals surface area contributed by atoms with Gasteiger partial charge in [0.05, 0.1) is 0 Å². The fourth-order valence-corrected chi connectivity index (χ4v) is 3.79. The molecule has 0 radical (unpaired) electrons. The Morgan fingerprint density at radius 3 is 2.90 bits per heavy atom. The maximum absolute atomic E-state index is 4.38. The van der Waals surface area contributed by atoms with Crippen molar-refractivity contribution in [3.8, 4) is 0 Å². The molecule has 1 aromatic carbocycles. The maximum atomic E-state index is 4.38. The number of hydrogen-bond donors (Lipinski definition) is 0. The zero-order chi connectivity index (χ0) is 6.97. The number of fused-ring (bicyclic) bond motifs is 1. The Hall–Kier alpha value is 0.139. The second-order valence-corrected chi connectivity index (χ2v) is 6.76. The average Bonchev–Trinajstić information content (AvgIpc) is 2.27. The van der Waals surface area contributed by atoms with E-state index in [1.165, 1.54) is 12.4 Å². The Labute approximate surface area is 78.4 Å². The molecule has 0 aliphatic carbocycles. The molecule has 0 atom stereocenters. The summed E-state index contributed by atoms with van der Waals surface area (Å²) in [6.07, 6.45) is 0. The van der Waals surface area contributed by atoms with Gasteiger partial charge in [-0.15, -0.1) is 0 Å². The van der Waals surface area contributed by atoms with Gasteiger partial charge in [-0.3, -0.25) is 0 Å². The number of halogens is 1. The summed E-state index contributed by atoms with van der Waals surface area (Å²) in [7, 11) is 0. The second kappa shape index (κ2) is 2.64. The third-order valence-corrected chi connectivity index (χ3v) is 4.38. The first-order chi connectivity index (χ1) is 4.86. The van der Waals surface area contributed by atoms with Crippen LogP contribution in [0.5, 0.6) is 0 Å². The number of aromatic nitrogens is 1. The number of rotatable bonds is 0. The Morgan fingerprint density at radius 2 is 2.10 bits per heavy atom. The summed E-state index contributed by atoms with van der Waals surface area (Å²) in [5, 5.41) is 0. The van der Waals surface area contributed by atoms with Crippen molar-refractivity contribution in [3.05, 3.63) is 26.8 Å². The molecule has 0 unspecified atom stereocenters. The fraction of sp³-hybridized carbons (Fsp3) is 0. The van der Waals surface area contributed by atoms with Gasteiger partial charge < -0.3 is 0 Å². The fourth-order valence-electron chi connectivity index (χ4n) is 0.844. The van der Waals surface area contributed by atoms with Crippen molar-refractivity contribution in [3.63, 3.8) is 0 Å². The molecular weight excluding hydrogens is 304 g/mol. The zero-order valence-corrected chi connectivity index (χ0v) is 8.91. The molecule has 10 heavy (non-hydrogen) atoms. The van der Waals surface area contributed by atoms with Gasteiger partial charge >= 0.3 is 78.7 Å². The molecule has 50 valence electrons. The molecule has 1 heterocycles. The summed E-state index contributed by atoms with van der Waals surface area (Å²) in [5.41, 5.74) is 1.17. The Balaban J connectivity index is 2.88. The van der Waals surface area contributed by atoms with Crippen LogP contribution in [-0.4, -0.2) is 19.5 Å². The normalized spacial score (nSPS) is 10.5. The van der Waals surface area contributed by atoms with Gasteiger partial charge in [0.1, 0.15) is 0 Å². The quantitative estimate of drug-likeness (QED) is 0.535. The van der Waals surface area contributed by atoms with E-state index in [-0.39, 0.29) is 0 Å². The van der Waals surface area contributed by atoms with Crippen LogP contribution in [0.15, 0.2) is 24.3 Å². The van der Waals surface area contributed by atoms with Crippen LogP contribution >= 0.6 is 22.6 Å². The predicted molar refractivity (Wildman–Crippen MR) is 51.4 cm³/mol. The molecular formula is C7H4INSe. The van der Waals surface area contributed by atoms with Gasteiger partial charge in [0, 0.05) is 0 Å². The van der Waals surface area contributed by atoms with E-state index < -0.39 is 0 Å². The van der Waals surface area contributed by atoms with Crippen LogP contribution < -0.4 is 0 Å². The van der Waals surface area contributed by atoms with Crippen molar-refractivity contribution in [1.82, 2.24) is 4.98 Å². The van der Waals surface area contributed by atoms with Gasteiger partial charge in [-0.2, -0.15) is 0 Å². The molecule has 0 N–H and O–H groups in total. The van der Waals surface area contributed by atoms with E-state index in [0.29, 0.717) is 14.5 Å². The molecule has 0 saturated heterocycles. The van der Waals surface area contributed by atoms with Gasteiger partial charge in [-0.1, -0.05) is 0 Å². The Kier molecular flexibility index (Phi) is 1.80. The molecule has 0 aliphatic rings. The third kappa shape index (κ3) is 1.13. The summed E-state index contributed by atoms with van der Waals surface area (Å²) < 4.78 is 2.67. The van der Waals surface area contributed by atoms with Crippen LogP contribution in [0.25, 0.3) is 9.78 Å². The first-order valence-corrected chi connectivity index (χ1v) is 5.66. The van der Waals surface area contributed by atoms with Gasteiger partial charge in [-0.05, 0) is 0 Å². The molecule has 0 aliphatic heterocycles. The van der Waals surface area contributed by atoms with E-state index in [1.807, 2.05) is 6.07 Å². The Bertz CT molecular complexity index is 322. The van der Waals surface area contributed by atoms with Gasteiger partial charge in [0.15, 0.2) is 0 Å². The van der Waals surface area contributed by atoms with Crippen molar-refractivity contribution in [2.45, 2.75) is 0 Å². The van der Waals surface area contributed by atoms with Crippen LogP contribution in [0.2, 0.25) is 0 Å². The van der Waals surface area contributed by atoms with Crippen LogP contribution in [0.4, 0.5) is 0 Å².